The van der Waals surface area contributed by atoms with E-state index in [-0.39, 0.29) is 11.9 Å². The van der Waals surface area contributed by atoms with Crippen LogP contribution in [0.2, 0.25) is 0 Å². The van der Waals surface area contributed by atoms with Crippen molar-refractivity contribution in [2.75, 3.05) is 11.1 Å². The van der Waals surface area contributed by atoms with Crippen molar-refractivity contribution in [3.8, 4) is 22.5 Å². The molecule has 10 nitrogen and oxygen atoms in total. The number of amides is 1. The van der Waals surface area contributed by atoms with Crippen LogP contribution in [-0.2, 0) is 11.2 Å². The van der Waals surface area contributed by atoms with Crippen molar-refractivity contribution >= 4 is 17.5 Å². The van der Waals surface area contributed by atoms with Gasteiger partial charge in [-0.3, -0.25) is 4.79 Å². The highest BCUT2D eigenvalue weighted by Crippen LogP contribution is 2.22. The minimum atomic E-state index is -0.689. The van der Waals surface area contributed by atoms with Crippen molar-refractivity contribution < 1.29 is 4.79 Å². The standard InChI is InChI=1S/C21H21N9O/c1-12-17(11-24-21(23)25-12)14-4-2-13(3-5-14)10-18(22)20(31)26-16-8-6-15(7-9-16)19-27-29-30-28-19/h2-9,11,18H,10,22H2,1H3,(H,26,31)(H2,23,24,25)(H,27,28,29,30). The number of carbonyl (C=O) groups excluding carboxylic acids is 1. The van der Waals surface area contributed by atoms with Gasteiger partial charge in [-0.15, -0.1) is 5.10 Å². The number of nitrogens with one attached hydrogen (secondary N) is 2. The van der Waals surface area contributed by atoms with Gasteiger partial charge in [0.15, 0.2) is 5.82 Å². The Bertz CT molecular complexity index is 1170. The number of nitrogen functional groups attached to an aromatic ring is 1. The fraction of sp³-hybridized carbons (Fsp3) is 0.143. The van der Waals surface area contributed by atoms with Crippen molar-refractivity contribution in [3.05, 3.63) is 66.0 Å². The summed E-state index contributed by atoms with van der Waals surface area (Å²) < 4.78 is 0. The minimum absolute atomic E-state index is 0.250. The first-order valence-electron chi connectivity index (χ1n) is 9.58. The first kappa shape index (κ1) is 20.1. The molecule has 0 saturated heterocycles. The molecule has 2 aromatic carbocycles. The maximum absolute atomic E-state index is 12.5. The van der Waals surface area contributed by atoms with Crippen molar-refractivity contribution in [1.82, 2.24) is 30.6 Å². The second kappa shape index (κ2) is 8.67. The number of aryl methyl sites for hydroxylation is 1. The highest BCUT2D eigenvalue weighted by atomic mass is 16.2. The highest BCUT2D eigenvalue weighted by Gasteiger charge is 2.15. The number of anilines is 2. The summed E-state index contributed by atoms with van der Waals surface area (Å²) in [4.78, 5) is 20.7. The van der Waals surface area contributed by atoms with Gasteiger partial charge in [0.25, 0.3) is 0 Å². The number of nitrogens with zero attached hydrogens (tertiary/aromatic N) is 5. The minimum Gasteiger partial charge on any atom is -0.368 e. The average Bonchev–Trinajstić information content (AvgIpc) is 3.30. The van der Waals surface area contributed by atoms with Crippen molar-refractivity contribution in [1.29, 1.82) is 0 Å². The normalized spacial score (nSPS) is 11.8. The van der Waals surface area contributed by atoms with Crippen LogP contribution in [0.15, 0.2) is 54.7 Å². The smallest absolute Gasteiger partial charge is 0.241 e. The molecule has 0 bridgehead atoms. The van der Waals surface area contributed by atoms with Gasteiger partial charge in [-0.05, 0) is 59.2 Å². The molecule has 10 heteroatoms. The molecule has 0 spiro atoms. The van der Waals surface area contributed by atoms with Gasteiger partial charge in [0.2, 0.25) is 11.9 Å². The number of tetrazole rings is 1. The van der Waals surface area contributed by atoms with Crippen molar-refractivity contribution in [2.45, 2.75) is 19.4 Å². The summed E-state index contributed by atoms with van der Waals surface area (Å²) in [7, 11) is 0. The Labute approximate surface area is 178 Å². The third kappa shape index (κ3) is 4.70. The number of hydrogen-bond acceptors (Lipinski definition) is 8. The first-order chi connectivity index (χ1) is 15.0. The second-order valence-electron chi connectivity index (χ2n) is 7.05. The number of aromatic nitrogens is 6. The van der Waals surface area contributed by atoms with Gasteiger partial charge < -0.3 is 16.8 Å². The molecular formula is C21H21N9O. The molecule has 4 aromatic rings. The van der Waals surface area contributed by atoms with Crippen LogP contribution in [-0.4, -0.2) is 42.5 Å². The maximum Gasteiger partial charge on any atom is 0.241 e. The second-order valence-corrected chi connectivity index (χ2v) is 7.05. The number of aromatic amines is 1. The van der Waals surface area contributed by atoms with E-state index in [4.69, 9.17) is 11.5 Å². The molecule has 1 atom stereocenters. The van der Waals surface area contributed by atoms with E-state index < -0.39 is 6.04 Å². The van der Waals surface area contributed by atoms with Gasteiger partial charge in [-0.1, -0.05) is 24.3 Å². The molecule has 0 saturated carbocycles. The Morgan fingerprint density at radius 2 is 1.81 bits per heavy atom. The summed E-state index contributed by atoms with van der Waals surface area (Å²) in [6.45, 7) is 1.89. The average molecular weight is 415 g/mol. The molecule has 4 rings (SSSR count). The third-order valence-electron chi connectivity index (χ3n) is 4.83. The van der Waals surface area contributed by atoms with Crippen LogP contribution in [0.25, 0.3) is 22.5 Å². The van der Waals surface area contributed by atoms with Gasteiger partial charge in [0, 0.05) is 23.0 Å². The van der Waals surface area contributed by atoms with E-state index in [1.165, 1.54) is 0 Å². The number of hydrogen-bond donors (Lipinski definition) is 4. The number of benzene rings is 2. The molecule has 31 heavy (non-hydrogen) atoms. The lowest BCUT2D eigenvalue weighted by molar-refractivity contribution is -0.117. The van der Waals surface area contributed by atoms with Crippen LogP contribution in [0.3, 0.4) is 0 Å². The van der Waals surface area contributed by atoms with E-state index in [0.717, 1.165) is 27.9 Å². The predicted molar refractivity (Wildman–Crippen MR) is 117 cm³/mol. The molecule has 1 amide bonds. The highest BCUT2D eigenvalue weighted by molar-refractivity contribution is 5.95. The molecule has 0 radical (unpaired) electrons. The van der Waals surface area contributed by atoms with Gasteiger partial charge in [0.1, 0.15) is 0 Å². The van der Waals surface area contributed by atoms with Gasteiger partial charge >= 0.3 is 0 Å². The predicted octanol–water partition coefficient (Wildman–Crippen LogP) is 1.72. The van der Waals surface area contributed by atoms with E-state index >= 15 is 0 Å². The topological polar surface area (TPSA) is 161 Å². The maximum atomic E-state index is 12.5. The summed E-state index contributed by atoms with van der Waals surface area (Å²) in [5.74, 6) is 0.541. The van der Waals surface area contributed by atoms with E-state index in [1.807, 2.05) is 43.3 Å². The lowest BCUT2D eigenvalue weighted by atomic mass is 10.0. The van der Waals surface area contributed by atoms with Crippen LogP contribution in [0, 0.1) is 6.92 Å². The Hall–Kier alpha value is -4.18. The SMILES string of the molecule is Cc1nc(N)ncc1-c1ccc(CC(N)C(=O)Nc2ccc(-c3nnn[nH]3)cc2)cc1. The zero-order chi connectivity index (χ0) is 21.8. The van der Waals surface area contributed by atoms with Crippen LogP contribution < -0.4 is 16.8 Å². The number of H-pyrrole nitrogens is 1. The molecule has 0 aliphatic rings. The lowest BCUT2D eigenvalue weighted by Crippen LogP contribution is -2.37. The van der Waals surface area contributed by atoms with E-state index in [9.17, 15) is 4.79 Å². The lowest BCUT2D eigenvalue weighted by Gasteiger charge is -2.13. The van der Waals surface area contributed by atoms with Crippen LogP contribution in [0.4, 0.5) is 11.6 Å². The molecule has 2 aromatic heterocycles. The fourth-order valence-electron chi connectivity index (χ4n) is 3.16. The molecule has 0 fully saturated rings. The largest absolute Gasteiger partial charge is 0.368 e. The first-order valence-corrected chi connectivity index (χ1v) is 9.58. The molecule has 2 heterocycles. The summed E-state index contributed by atoms with van der Waals surface area (Å²) in [6, 6.07) is 14.3. The zero-order valence-corrected chi connectivity index (χ0v) is 16.8. The molecular weight excluding hydrogens is 394 g/mol. The Kier molecular flexibility index (Phi) is 5.63. The third-order valence-corrected chi connectivity index (χ3v) is 4.83. The number of rotatable bonds is 6. The van der Waals surface area contributed by atoms with Gasteiger partial charge in [-0.2, -0.15) is 0 Å². The monoisotopic (exact) mass is 415 g/mol. The molecule has 6 N–H and O–H groups in total. The Morgan fingerprint density at radius 3 is 2.45 bits per heavy atom. The van der Waals surface area contributed by atoms with Crippen molar-refractivity contribution in [3.63, 3.8) is 0 Å². The summed E-state index contributed by atoms with van der Waals surface area (Å²) in [5, 5.41) is 16.5. The van der Waals surface area contributed by atoms with Crippen LogP contribution >= 0.6 is 0 Å². The van der Waals surface area contributed by atoms with Gasteiger partial charge in [0.05, 0.1) is 11.7 Å². The molecule has 156 valence electrons. The zero-order valence-electron chi connectivity index (χ0n) is 16.8. The summed E-state index contributed by atoms with van der Waals surface area (Å²) in [6.07, 6.45) is 2.11. The summed E-state index contributed by atoms with van der Waals surface area (Å²) in [5.41, 5.74) is 16.8. The molecule has 0 aliphatic carbocycles. The fourth-order valence-corrected chi connectivity index (χ4v) is 3.16. The quantitative estimate of drug-likeness (QED) is 0.370. The number of carbonyl (C=O) groups is 1. The van der Waals surface area contributed by atoms with Crippen molar-refractivity contribution in [2.24, 2.45) is 5.73 Å². The Balaban J connectivity index is 1.37. The molecule has 0 aliphatic heterocycles. The van der Waals surface area contributed by atoms with Crippen LogP contribution in [0.5, 0.6) is 0 Å². The van der Waals surface area contributed by atoms with Crippen LogP contribution in [0.1, 0.15) is 11.3 Å². The van der Waals surface area contributed by atoms with E-state index in [2.05, 4.69) is 35.9 Å². The van der Waals surface area contributed by atoms with E-state index in [1.54, 1.807) is 18.3 Å². The van der Waals surface area contributed by atoms with E-state index in [0.29, 0.717) is 17.9 Å². The van der Waals surface area contributed by atoms with Gasteiger partial charge in [-0.25, -0.2) is 15.1 Å². The number of nitrogens with two attached hydrogens (primary N) is 2. The molecule has 1 unspecified atom stereocenters. The Morgan fingerprint density at radius 1 is 1.10 bits per heavy atom. The summed E-state index contributed by atoms with van der Waals surface area (Å²) >= 11 is 0.